The monoisotopic (exact) mass is 489 g/mol. The van der Waals surface area contributed by atoms with Gasteiger partial charge in [-0.1, -0.05) is 30.3 Å². The number of anilines is 1. The number of hydrogen-bond donors (Lipinski definition) is 1. The van der Waals surface area contributed by atoms with Gasteiger partial charge in [-0.05, 0) is 43.1 Å². The van der Waals surface area contributed by atoms with Gasteiger partial charge in [-0.2, -0.15) is 15.0 Å². The number of likely N-dealkylation sites (tertiary alicyclic amines) is 1. The van der Waals surface area contributed by atoms with Gasteiger partial charge in [0.2, 0.25) is 0 Å². The fourth-order valence-corrected chi connectivity index (χ4v) is 4.40. The number of methoxy groups -OCH3 is 2. The van der Waals surface area contributed by atoms with Crippen LogP contribution in [-0.4, -0.2) is 69.9 Å². The maximum Gasteiger partial charge on any atom is 0.320 e. The van der Waals surface area contributed by atoms with E-state index in [1.165, 1.54) is 25.9 Å². The molecular weight excluding hydrogens is 458 g/mol. The Kier molecular flexibility index (Phi) is 7.24. The number of nitrogen functional groups attached to an aromatic ring is 1. The van der Waals surface area contributed by atoms with Gasteiger partial charge in [-0.25, -0.2) is 0 Å². The Balaban J connectivity index is 1.34. The van der Waals surface area contributed by atoms with Gasteiger partial charge in [-0.15, -0.1) is 0 Å². The van der Waals surface area contributed by atoms with Crippen LogP contribution in [0.25, 0.3) is 22.3 Å². The molecule has 1 saturated heterocycles. The minimum atomic E-state index is 0.178. The molecule has 1 fully saturated rings. The van der Waals surface area contributed by atoms with Crippen molar-refractivity contribution < 1.29 is 14.2 Å². The Morgan fingerprint density at radius 2 is 1.67 bits per heavy atom. The molecule has 0 radical (unpaired) electrons. The Labute approximate surface area is 210 Å². The van der Waals surface area contributed by atoms with Crippen molar-refractivity contribution in [2.75, 3.05) is 46.3 Å². The van der Waals surface area contributed by atoms with Crippen molar-refractivity contribution in [3.63, 3.8) is 0 Å². The highest BCUT2D eigenvalue weighted by Crippen LogP contribution is 2.27. The highest BCUT2D eigenvalue weighted by Gasteiger charge is 2.18. The van der Waals surface area contributed by atoms with Gasteiger partial charge in [0.15, 0.2) is 17.0 Å². The summed E-state index contributed by atoms with van der Waals surface area (Å²) < 4.78 is 18.0. The summed E-state index contributed by atoms with van der Waals surface area (Å²) in [6, 6.07) is 13.2. The van der Waals surface area contributed by atoms with Crippen molar-refractivity contribution in [3.8, 4) is 23.1 Å². The minimum Gasteiger partial charge on any atom is -0.468 e. The molecule has 1 aromatic carbocycles. The Hall–Kier alpha value is -3.76. The van der Waals surface area contributed by atoms with E-state index in [0.29, 0.717) is 36.9 Å². The van der Waals surface area contributed by atoms with Crippen LogP contribution in [0.4, 0.5) is 5.82 Å². The smallest absolute Gasteiger partial charge is 0.320 e. The second-order valence-corrected chi connectivity index (χ2v) is 8.81. The second kappa shape index (κ2) is 10.9. The summed E-state index contributed by atoms with van der Waals surface area (Å²) in [5.41, 5.74) is 11.5. The molecule has 3 aromatic heterocycles. The quantitative estimate of drug-likeness (QED) is 0.336. The maximum atomic E-state index is 6.13. The summed E-state index contributed by atoms with van der Waals surface area (Å²) in [5.74, 6) is 0.237. The highest BCUT2D eigenvalue weighted by atomic mass is 16.5. The van der Waals surface area contributed by atoms with Crippen molar-refractivity contribution in [3.05, 3.63) is 53.9 Å². The van der Waals surface area contributed by atoms with Gasteiger partial charge >= 0.3 is 6.01 Å². The molecular formula is C26H31N7O3. The van der Waals surface area contributed by atoms with Gasteiger partial charge in [0, 0.05) is 25.4 Å². The zero-order valence-electron chi connectivity index (χ0n) is 20.7. The zero-order valence-corrected chi connectivity index (χ0v) is 20.7. The molecule has 0 saturated carbocycles. The van der Waals surface area contributed by atoms with Gasteiger partial charge < -0.3 is 19.9 Å². The van der Waals surface area contributed by atoms with Gasteiger partial charge in [-0.3, -0.25) is 14.5 Å². The molecule has 4 aromatic rings. The molecule has 10 heteroatoms. The number of nitrogens with zero attached hydrogens (tertiary/aromatic N) is 6. The summed E-state index contributed by atoms with van der Waals surface area (Å²) in [7, 11) is 3.18. The third-order valence-corrected chi connectivity index (χ3v) is 6.30. The van der Waals surface area contributed by atoms with E-state index in [1.807, 2.05) is 10.8 Å². The molecule has 0 bridgehead atoms. The van der Waals surface area contributed by atoms with Crippen LogP contribution in [0.15, 0.2) is 42.6 Å². The average molecular weight is 490 g/mol. The fraction of sp³-hybridized carbons (Fsp3) is 0.385. The first kappa shape index (κ1) is 24.0. The number of benzene rings is 1. The molecule has 0 amide bonds. The van der Waals surface area contributed by atoms with Crippen molar-refractivity contribution in [2.24, 2.45) is 0 Å². The van der Waals surface area contributed by atoms with Crippen molar-refractivity contribution in [1.29, 1.82) is 0 Å². The first-order valence-corrected chi connectivity index (χ1v) is 12.1. The Bertz CT molecular complexity index is 1300. The maximum absolute atomic E-state index is 6.13. The molecule has 0 atom stereocenters. The lowest BCUT2D eigenvalue weighted by molar-refractivity contribution is 0.141. The largest absolute Gasteiger partial charge is 0.468 e. The van der Waals surface area contributed by atoms with E-state index in [2.05, 4.69) is 61.2 Å². The highest BCUT2D eigenvalue weighted by molar-refractivity contribution is 5.83. The van der Waals surface area contributed by atoms with E-state index < -0.39 is 0 Å². The summed E-state index contributed by atoms with van der Waals surface area (Å²) in [6.07, 6.45) is 4.53. The number of pyridine rings is 1. The lowest BCUT2D eigenvalue weighted by Crippen LogP contribution is -2.18. The number of nitrogens with two attached hydrogens (primary N) is 1. The van der Waals surface area contributed by atoms with E-state index in [-0.39, 0.29) is 11.8 Å². The topological polar surface area (TPSA) is 113 Å². The van der Waals surface area contributed by atoms with Crippen LogP contribution in [0.1, 0.15) is 24.1 Å². The van der Waals surface area contributed by atoms with Gasteiger partial charge in [0.1, 0.15) is 6.61 Å². The molecule has 1 aliphatic rings. The molecule has 0 unspecified atom stereocenters. The molecule has 1 aliphatic heterocycles. The Morgan fingerprint density at radius 1 is 0.889 bits per heavy atom. The molecule has 0 aliphatic carbocycles. The van der Waals surface area contributed by atoms with Crippen LogP contribution in [0, 0.1) is 0 Å². The predicted octanol–water partition coefficient (Wildman–Crippen LogP) is 3.15. The van der Waals surface area contributed by atoms with Crippen LogP contribution in [0.3, 0.4) is 0 Å². The molecule has 36 heavy (non-hydrogen) atoms. The number of rotatable bonds is 10. The van der Waals surface area contributed by atoms with Crippen LogP contribution < -0.4 is 15.2 Å². The van der Waals surface area contributed by atoms with Crippen LogP contribution in [-0.2, 0) is 17.8 Å². The molecule has 0 spiro atoms. The summed E-state index contributed by atoms with van der Waals surface area (Å²) in [4.78, 5) is 20.3. The number of aromatic nitrogens is 5. The van der Waals surface area contributed by atoms with E-state index >= 15 is 0 Å². The molecule has 188 valence electrons. The standard InChI is InChI=1S/C26H31N7O3/c1-34-13-14-36-25-30-23(27)22-24(31-25)33(26(29-22)35-2)16-18-5-7-19(8-6-18)20-9-10-21(28-15-20)17-32-11-3-4-12-32/h5-10,15H,3-4,11-14,16-17H2,1-2H3,(H2,27,30,31). The fourth-order valence-electron chi connectivity index (χ4n) is 4.40. The summed E-state index contributed by atoms with van der Waals surface area (Å²) in [5, 5.41) is 0. The SMILES string of the molecule is COCCOc1nc(N)c2nc(OC)n(Cc3ccc(-c4ccc(CN5CCCC5)nc4)cc3)c2n1. The zero-order chi connectivity index (χ0) is 24.9. The van der Waals surface area contributed by atoms with Crippen LogP contribution in [0.2, 0.25) is 0 Å². The van der Waals surface area contributed by atoms with Gasteiger partial charge in [0.25, 0.3) is 6.01 Å². The number of imidazole rings is 1. The molecule has 5 rings (SSSR count). The van der Waals surface area contributed by atoms with E-state index in [0.717, 1.165) is 28.9 Å². The minimum absolute atomic E-state index is 0.178. The normalized spacial score (nSPS) is 13.9. The first-order chi connectivity index (χ1) is 17.6. The predicted molar refractivity (Wildman–Crippen MR) is 137 cm³/mol. The lowest BCUT2D eigenvalue weighted by Gasteiger charge is -2.14. The third kappa shape index (κ3) is 5.24. The van der Waals surface area contributed by atoms with E-state index in [4.69, 9.17) is 19.9 Å². The van der Waals surface area contributed by atoms with Crippen molar-refractivity contribution >= 4 is 17.0 Å². The molecule has 4 heterocycles. The first-order valence-electron chi connectivity index (χ1n) is 12.1. The molecule has 2 N–H and O–H groups in total. The number of ether oxygens (including phenoxy) is 3. The third-order valence-electron chi connectivity index (χ3n) is 6.30. The van der Waals surface area contributed by atoms with Crippen LogP contribution in [0.5, 0.6) is 12.0 Å². The molecule has 10 nitrogen and oxygen atoms in total. The summed E-state index contributed by atoms with van der Waals surface area (Å²) >= 11 is 0. The van der Waals surface area contributed by atoms with Crippen molar-refractivity contribution in [2.45, 2.75) is 25.9 Å². The average Bonchev–Trinajstić information content (AvgIpc) is 3.53. The number of fused-ring (bicyclic) bond motifs is 1. The lowest BCUT2D eigenvalue weighted by atomic mass is 10.1. The van der Waals surface area contributed by atoms with Gasteiger partial charge in [0.05, 0.1) is 26.0 Å². The Morgan fingerprint density at radius 3 is 2.36 bits per heavy atom. The van der Waals surface area contributed by atoms with E-state index in [9.17, 15) is 0 Å². The van der Waals surface area contributed by atoms with Crippen LogP contribution >= 0.6 is 0 Å². The summed E-state index contributed by atoms with van der Waals surface area (Å²) in [6.45, 7) is 4.51. The second-order valence-electron chi connectivity index (χ2n) is 8.81. The number of hydrogen-bond acceptors (Lipinski definition) is 9. The van der Waals surface area contributed by atoms with Crippen molar-refractivity contribution in [1.82, 2.24) is 29.4 Å². The van der Waals surface area contributed by atoms with E-state index in [1.54, 1.807) is 14.2 Å².